The zero-order valence-electron chi connectivity index (χ0n) is 25.0. The molecule has 1 radical (unpaired) electrons. The smallest absolute Gasteiger partial charge is 0.0798 e. The molecule has 0 saturated heterocycles. The van der Waals surface area contributed by atoms with Crippen LogP contribution in [0.1, 0.15) is 44.1 Å². The summed E-state index contributed by atoms with van der Waals surface area (Å²) in [6.07, 6.45) is 13.2. The van der Waals surface area contributed by atoms with E-state index in [-0.39, 0.29) is 20.1 Å². The van der Waals surface area contributed by atoms with Crippen LogP contribution in [0.25, 0.3) is 33.6 Å². The van der Waals surface area contributed by atoms with E-state index >= 15 is 0 Å². The van der Waals surface area contributed by atoms with Gasteiger partial charge in [-0.05, 0) is 64.8 Å². The van der Waals surface area contributed by atoms with E-state index in [4.69, 9.17) is 4.98 Å². The van der Waals surface area contributed by atoms with Crippen LogP contribution in [0.15, 0.2) is 104 Å². The van der Waals surface area contributed by atoms with E-state index in [1.54, 1.807) is 6.20 Å². The summed E-state index contributed by atoms with van der Waals surface area (Å²) in [6.45, 7) is 9.70. The van der Waals surface area contributed by atoms with Gasteiger partial charge in [0.05, 0.1) is 8.07 Å². The van der Waals surface area contributed by atoms with Gasteiger partial charge >= 0.3 is 0 Å². The Hall–Kier alpha value is -3.24. The Morgan fingerprint density at radius 1 is 0.762 bits per heavy atom. The van der Waals surface area contributed by atoms with Gasteiger partial charge in [0.15, 0.2) is 0 Å². The van der Waals surface area contributed by atoms with Crippen molar-refractivity contribution in [3.05, 3.63) is 121 Å². The van der Waals surface area contributed by atoms with Crippen LogP contribution in [-0.4, -0.2) is 23.0 Å². The summed E-state index contributed by atoms with van der Waals surface area (Å²) in [7, 11) is -1.40. The van der Waals surface area contributed by atoms with Gasteiger partial charge in [-0.25, -0.2) is 0 Å². The minimum Gasteiger partial charge on any atom is -0.321 e. The Labute approximate surface area is 266 Å². The first-order chi connectivity index (χ1) is 19.9. The summed E-state index contributed by atoms with van der Waals surface area (Å²) in [5, 5.41) is 1.52. The molecule has 1 saturated carbocycles. The van der Waals surface area contributed by atoms with Crippen molar-refractivity contribution in [3.8, 4) is 33.6 Å². The third-order valence-electron chi connectivity index (χ3n) is 8.09. The van der Waals surface area contributed by atoms with Crippen LogP contribution in [0, 0.1) is 18.1 Å². The van der Waals surface area contributed by atoms with Crippen molar-refractivity contribution >= 4 is 13.3 Å². The molecule has 1 atom stereocenters. The van der Waals surface area contributed by atoms with Crippen molar-refractivity contribution in [1.29, 1.82) is 0 Å². The van der Waals surface area contributed by atoms with Crippen LogP contribution in [0.4, 0.5) is 0 Å². The molecule has 5 aromatic rings. The second kappa shape index (κ2) is 14.8. The minimum absolute atomic E-state index is 0. The van der Waals surface area contributed by atoms with Crippen LogP contribution < -0.4 is 5.19 Å². The van der Waals surface area contributed by atoms with Crippen molar-refractivity contribution in [2.45, 2.75) is 58.2 Å². The molecule has 1 unspecified atom stereocenters. The first-order valence-electron chi connectivity index (χ1n) is 14.7. The summed E-state index contributed by atoms with van der Waals surface area (Å²) < 4.78 is 0. The fraction of sp³-hybridized carbons (Fsp3) is 0.270. The second-order valence-corrected chi connectivity index (χ2v) is 17.0. The Balaban J connectivity index is 0.000000193. The minimum atomic E-state index is -1.40. The van der Waals surface area contributed by atoms with E-state index in [2.05, 4.69) is 79.1 Å². The fourth-order valence-corrected chi connectivity index (χ4v) is 7.33. The number of benzene rings is 2. The molecular weight excluding hydrogens is 707 g/mol. The van der Waals surface area contributed by atoms with Gasteiger partial charge in [-0.3, -0.25) is 4.98 Å². The average molecular weight is 746 g/mol. The molecule has 3 aromatic heterocycles. The predicted molar refractivity (Wildman–Crippen MR) is 174 cm³/mol. The quantitative estimate of drug-likeness (QED) is 0.129. The van der Waals surface area contributed by atoms with E-state index < -0.39 is 8.07 Å². The molecule has 0 amide bonds. The number of hydrogen-bond donors (Lipinski definition) is 0. The molecule has 1 fully saturated rings. The van der Waals surface area contributed by atoms with Crippen molar-refractivity contribution in [2.24, 2.45) is 5.92 Å². The Bertz CT molecular complexity index is 1450. The van der Waals surface area contributed by atoms with E-state index in [0.29, 0.717) is 5.92 Å². The largest absolute Gasteiger partial charge is 0.321 e. The predicted octanol–water partition coefficient (Wildman–Crippen LogP) is 9.00. The van der Waals surface area contributed by atoms with Gasteiger partial charge in [-0.15, -0.1) is 42.0 Å². The Morgan fingerprint density at radius 3 is 2.10 bits per heavy atom. The second-order valence-electron chi connectivity index (χ2n) is 12.0. The van der Waals surface area contributed by atoms with E-state index in [1.807, 2.05) is 67.0 Å². The molecule has 1 aliphatic rings. The molecule has 42 heavy (non-hydrogen) atoms. The van der Waals surface area contributed by atoms with E-state index in [9.17, 15) is 0 Å². The molecule has 3 nitrogen and oxygen atoms in total. The van der Waals surface area contributed by atoms with Crippen LogP contribution >= 0.6 is 0 Å². The summed E-state index contributed by atoms with van der Waals surface area (Å²) in [5.41, 5.74) is 7.92. The summed E-state index contributed by atoms with van der Waals surface area (Å²) in [4.78, 5) is 13.3. The van der Waals surface area contributed by atoms with Gasteiger partial charge in [-0.2, -0.15) is 11.6 Å². The summed E-state index contributed by atoms with van der Waals surface area (Å²) in [5.74, 6) is 1.46. The molecule has 6 rings (SSSR count). The Kier molecular flexibility index (Phi) is 11.1. The molecule has 3 heterocycles. The number of aromatic nitrogens is 3. The van der Waals surface area contributed by atoms with Gasteiger partial charge in [-0.1, -0.05) is 93.5 Å². The summed E-state index contributed by atoms with van der Waals surface area (Å²) in [6, 6.07) is 33.0. The average Bonchev–Trinajstić information content (AvgIpc) is 3.57. The van der Waals surface area contributed by atoms with E-state index in [1.165, 1.54) is 42.0 Å². The maximum atomic E-state index is 4.76. The first kappa shape index (κ1) is 31.7. The molecule has 0 aliphatic heterocycles. The molecule has 0 bridgehead atoms. The van der Waals surface area contributed by atoms with Crippen molar-refractivity contribution in [3.63, 3.8) is 0 Å². The normalized spacial score (nSPS) is 13.9. The molecule has 2 aromatic carbocycles. The Morgan fingerprint density at radius 2 is 1.48 bits per heavy atom. The monoisotopic (exact) mass is 746 g/mol. The number of hydrogen-bond acceptors (Lipinski definition) is 3. The number of rotatable bonds is 6. The van der Waals surface area contributed by atoms with Gasteiger partial charge < -0.3 is 9.97 Å². The molecular formula is C37H39IrN3Si-2. The topological polar surface area (TPSA) is 38.7 Å². The zero-order valence-corrected chi connectivity index (χ0v) is 28.4. The zero-order chi connectivity index (χ0) is 28.7. The maximum absolute atomic E-state index is 4.76. The van der Waals surface area contributed by atoms with Crippen LogP contribution in [-0.2, 0) is 20.1 Å². The van der Waals surface area contributed by atoms with Gasteiger partial charge in [0.1, 0.15) is 0 Å². The molecule has 0 spiro atoms. The van der Waals surface area contributed by atoms with Crippen molar-refractivity contribution < 1.29 is 20.1 Å². The molecule has 5 heteroatoms. The van der Waals surface area contributed by atoms with Crippen LogP contribution in [0.5, 0.6) is 0 Å². The SMILES string of the molecule is CC(c1cc(-c2[c-]cncc2)ncc1[Si](C)(C)C)C1CCCC1.[Ir].[c-]1ccccc1-c1ccc(-c2ccccc2)cn1. The maximum Gasteiger partial charge on any atom is 0.0798 e. The molecule has 0 N–H and O–H groups in total. The van der Waals surface area contributed by atoms with E-state index in [0.717, 1.165) is 34.0 Å². The van der Waals surface area contributed by atoms with Gasteiger partial charge in [0, 0.05) is 32.5 Å². The third-order valence-corrected chi connectivity index (χ3v) is 10.1. The fourth-order valence-electron chi connectivity index (χ4n) is 5.72. The molecule has 217 valence electrons. The summed E-state index contributed by atoms with van der Waals surface area (Å²) >= 11 is 0. The van der Waals surface area contributed by atoms with Crippen molar-refractivity contribution in [1.82, 2.24) is 15.0 Å². The first-order valence-corrected chi connectivity index (χ1v) is 18.2. The van der Waals surface area contributed by atoms with Crippen LogP contribution in [0.3, 0.4) is 0 Å². The number of pyridine rings is 3. The van der Waals surface area contributed by atoms with Gasteiger partial charge in [0.25, 0.3) is 0 Å². The van der Waals surface area contributed by atoms with Gasteiger partial charge in [0.2, 0.25) is 0 Å². The number of nitrogens with zero attached hydrogens (tertiary/aromatic N) is 3. The molecule has 1 aliphatic carbocycles. The standard InChI is InChI=1S/C20H27N2Si.C17H12N.Ir/c1-15(16-7-5-6-8-16)18-13-19(17-9-11-21-12-10-17)22-14-20(18)23(2,3)4;1-3-7-14(8-4-1)16-11-12-17(18-13-16)15-9-5-2-6-10-15;/h9,11-16H,5-8H2,1-4H3;1-9,11-13H;/q2*-1;. The van der Waals surface area contributed by atoms with Crippen molar-refractivity contribution in [2.75, 3.05) is 0 Å². The third kappa shape index (κ3) is 7.98. The van der Waals surface area contributed by atoms with Crippen LogP contribution in [0.2, 0.25) is 19.6 Å².